The smallest absolute Gasteiger partial charge is 0.230 e. The van der Waals surface area contributed by atoms with E-state index in [0.29, 0.717) is 24.3 Å². The Morgan fingerprint density at radius 3 is 3.11 bits per heavy atom. The summed E-state index contributed by atoms with van der Waals surface area (Å²) in [5, 5.41) is 7.08. The highest BCUT2D eigenvalue weighted by molar-refractivity contribution is 5.42. The van der Waals surface area contributed by atoms with Gasteiger partial charge in [-0.05, 0) is 42.9 Å². The third-order valence-electron chi connectivity index (χ3n) is 4.43. The first-order chi connectivity index (χ1) is 9.38. The molecule has 4 rings (SSSR count). The van der Waals surface area contributed by atoms with E-state index in [4.69, 9.17) is 4.52 Å². The first-order valence-corrected chi connectivity index (χ1v) is 6.93. The van der Waals surface area contributed by atoms with Crippen molar-refractivity contribution in [2.75, 3.05) is 7.05 Å². The minimum absolute atomic E-state index is 0.446. The first kappa shape index (κ1) is 11.2. The maximum Gasteiger partial charge on any atom is 0.230 e. The number of hydrogen-bond donors (Lipinski definition) is 1. The molecule has 0 bridgehead atoms. The van der Waals surface area contributed by atoms with Crippen LogP contribution in [0.5, 0.6) is 0 Å². The molecule has 4 nitrogen and oxygen atoms in total. The molecule has 0 radical (unpaired) electrons. The van der Waals surface area contributed by atoms with Gasteiger partial charge in [0.2, 0.25) is 5.89 Å². The lowest BCUT2D eigenvalue weighted by molar-refractivity contribution is 0.368. The lowest BCUT2D eigenvalue weighted by atomic mass is 9.92. The van der Waals surface area contributed by atoms with Gasteiger partial charge in [-0.2, -0.15) is 4.98 Å². The van der Waals surface area contributed by atoms with E-state index in [0.717, 1.165) is 11.7 Å². The van der Waals surface area contributed by atoms with Crippen LogP contribution in [0.15, 0.2) is 28.8 Å². The zero-order chi connectivity index (χ0) is 12.8. The predicted octanol–water partition coefficient (Wildman–Crippen LogP) is 2.23. The maximum absolute atomic E-state index is 5.45. The largest absolute Gasteiger partial charge is 0.339 e. The molecule has 0 aliphatic heterocycles. The Bertz CT molecular complexity index is 607. The number of nitrogens with one attached hydrogen (secondary N) is 1. The number of nitrogens with zero attached hydrogens (tertiary/aromatic N) is 2. The monoisotopic (exact) mass is 255 g/mol. The summed E-state index contributed by atoms with van der Waals surface area (Å²) in [5.41, 5.74) is 3.00. The average Bonchev–Trinajstić information content (AvgIpc) is 3.02. The summed E-state index contributed by atoms with van der Waals surface area (Å²) in [6.07, 6.45) is 2.43. The Balaban J connectivity index is 1.62. The van der Waals surface area contributed by atoms with E-state index >= 15 is 0 Å². The first-order valence-electron chi connectivity index (χ1n) is 6.93. The van der Waals surface area contributed by atoms with Gasteiger partial charge in [0.1, 0.15) is 0 Å². The number of rotatable bonds is 3. The SMILES string of the molecule is CNCc1noc(C2C3CCc4ccccc4C32)n1. The van der Waals surface area contributed by atoms with Crippen LogP contribution in [0, 0.1) is 5.92 Å². The van der Waals surface area contributed by atoms with Gasteiger partial charge in [-0.15, -0.1) is 0 Å². The van der Waals surface area contributed by atoms with Crippen molar-refractivity contribution in [3.05, 3.63) is 47.1 Å². The summed E-state index contributed by atoms with van der Waals surface area (Å²) in [6.45, 7) is 0.669. The molecule has 2 aromatic rings. The number of benzene rings is 1. The van der Waals surface area contributed by atoms with E-state index in [1.807, 2.05) is 7.05 Å². The van der Waals surface area contributed by atoms with Crippen molar-refractivity contribution in [2.45, 2.75) is 31.2 Å². The van der Waals surface area contributed by atoms with Crippen molar-refractivity contribution < 1.29 is 4.52 Å². The van der Waals surface area contributed by atoms with Crippen molar-refractivity contribution in [2.24, 2.45) is 5.92 Å². The minimum atomic E-state index is 0.446. The topological polar surface area (TPSA) is 51.0 Å². The van der Waals surface area contributed by atoms with E-state index in [1.54, 1.807) is 0 Å². The summed E-state index contributed by atoms with van der Waals surface area (Å²) >= 11 is 0. The second kappa shape index (κ2) is 4.17. The molecule has 0 saturated heterocycles. The lowest BCUT2D eigenvalue weighted by Gasteiger charge is -2.13. The molecule has 1 saturated carbocycles. The third kappa shape index (κ3) is 1.70. The van der Waals surface area contributed by atoms with E-state index in [-0.39, 0.29) is 0 Å². The summed E-state index contributed by atoms with van der Waals surface area (Å²) in [4.78, 5) is 4.52. The van der Waals surface area contributed by atoms with Crippen LogP contribution in [0.3, 0.4) is 0 Å². The molecule has 2 aliphatic rings. The van der Waals surface area contributed by atoms with Gasteiger partial charge in [0.05, 0.1) is 6.54 Å². The zero-order valence-electron chi connectivity index (χ0n) is 11.0. The fourth-order valence-electron chi connectivity index (χ4n) is 3.54. The second-order valence-corrected chi connectivity index (χ2v) is 5.53. The second-order valence-electron chi connectivity index (χ2n) is 5.53. The predicted molar refractivity (Wildman–Crippen MR) is 70.8 cm³/mol. The zero-order valence-corrected chi connectivity index (χ0v) is 11.0. The van der Waals surface area contributed by atoms with Gasteiger partial charge < -0.3 is 9.84 Å². The van der Waals surface area contributed by atoms with E-state index in [9.17, 15) is 0 Å². The number of aromatic nitrogens is 2. The highest BCUT2D eigenvalue weighted by Crippen LogP contribution is 2.64. The Kier molecular flexibility index (Phi) is 2.45. The molecule has 98 valence electrons. The lowest BCUT2D eigenvalue weighted by Crippen LogP contribution is -2.06. The Morgan fingerprint density at radius 1 is 1.32 bits per heavy atom. The van der Waals surface area contributed by atoms with Gasteiger partial charge in [-0.25, -0.2) is 0 Å². The van der Waals surface area contributed by atoms with Gasteiger partial charge in [0.15, 0.2) is 5.82 Å². The van der Waals surface area contributed by atoms with Crippen LogP contribution in [-0.4, -0.2) is 17.2 Å². The minimum Gasteiger partial charge on any atom is -0.339 e. The molecule has 2 aliphatic carbocycles. The standard InChI is InChI=1S/C15H17N3O/c1-16-8-12-17-15(19-18-12)14-11-7-6-9-4-2-3-5-10(9)13(11)14/h2-5,11,13-14,16H,6-8H2,1H3. The molecule has 1 aromatic heterocycles. The molecule has 3 unspecified atom stereocenters. The highest BCUT2D eigenvalue weighted by atomic mass is 16.5. The van der Waals surface area contributed by atoms with Gasteiger partial charge in [-0.1, -0.05) is 29.4 Å². The molecule has 3 atom stereocenters. The summed E-state index contributed by atoms with van der Waals surface area (Å²) in [6, 6.07) is 8.78. The molecule has 1 fully saturated rings. The molecule has 1 N–H and O–H groups in total. The number of fused-ring (bicyclic) bond motifs is 3. The third-order valence-corrected chi connectivity index (χ3v) is 4.43. The van der Waals surface area contributed by atoms with Crippen LogP contribution >= 0.6 is 0 Å². The van der Waals surface area contributed by atoms with Gasteiger partial charge in [-0.3, -0.25) is 0 Å². The molecule has 1 heterocycles. The Hall–Kier alpha value is -1.68. The quantitative estimate of drug-likeness (QED) is 0.913. The van der Waals surface area contributed by atoms with Gasteiger partial charge in [0, 0.05) is 5.92 Å². The number of hydrogen-bond acceptors (Lipinski definition) is 4. The fourth-order valence-corrected chi connectivity index (χ4v) is 3.54. The van der Waals surface area contributed by atoms with Crippen molar-refractivity contribution in [3.8, 4) is 0 Å². The van der Waals surface area contributed by atoms with Crippen LogP contribution < -0.4 is 5.32 Å². The normalized spacial score (nSPS) is 27.7. The molecule has 0 amide bonds. The van der Waals surface area contributed by atoms with Crippen molar-refractivity contribution in [1.82, 2.24) is 15.5 Å². The maximum atomic E-state index is 5.45. The Labute approximate surface area is 112 Å². The van der Waals surface area contributed by atoms with Gasteiger partial charge >= 0.3 is 0 Å². The van der Waals surface area contributed by atoms with Crippen LogP contribution in [0.25, 0.3) is 0 Å². The number of aryl methyl sites for hydroxylation is 1. The average molecular weight is 255 g/mol. The summed E-state index contributed by atoms with van der Waals surface area (Å²) in [7, 11) is 1.89. The Morgan fingerprint density at radius 2 is 2.21 bits per heavy atom. The van der Waals surface area contributed by atoms with Crippen molar-refractivity contribution in [1.29, 1.82) is 0 Å². The molecule has 19 heavy (non-hydrogen) atoms. The van der Waals surface area contributed by atoms with Gasteiger partial charge in [0.25, 0.3) is 0 Å². The van der Waals surface area contributed by atoms with Crippen LogP contribution in [-0.2, 0) is 13.0 Å². The summed E-state index contributed by atoms with van der Waals surface area (Å²) < 4.78 is 5.45. The molecular formula is C15H17N3O. The molecule has 4 heteroatoms. The van der Waals surface area contributed by atoms with Crippen LogP contribution in [0.2, 0.25) is 0 Å². The van der Waals surface area contributed by atoms with E-state index < -0.39 is 0 Å². The van der Waals surface area contributed by atoms with E-state index in [2.05, 4.69) is 39.7 Å². The summed E-state index contributed by atoms with van der Waals surface area (Å²) in [5.74, 6) is 3.35. The fraction of sp³-hybridized carbons (Fsp3) is 0.467. The molecule has 0 spiro atoms. The molecule has 1 aromatic carbocycles. The van der Waals surface area contributed by atoms with E-state index in [1.165, 1.54) is 24.0 Å². The van der Waals surface area contributed by atoms with Crippen molar-refractivity contribution >= 4 is 0 Å². The van der Waals surface area contributed by atoms with Crippen LogP contribution in [0.4, 0.5) is 0 Å². The highest BCUT2D eigenvalue weighted by Gasteiger charge is 2.56. The van der Waals surface area contributed by atoms with Crippen molar-refractivity contribution in [3.63, 3.8) is 0 Å². The molecular weight excluding hydrogens is 238 g/mol. The van der Waals surface area contributed by atoms with Crippen LogP contribution in [0.1, 0.15) is 41.1 Å².